The molecule has 0 aliphatic carbocycles. The molecule has 0 bridgehead atoms. The number of hydrogen-bond acceptors (Lipinski definition) is 3. The van der Waals surface area contributed by atoms with Crippen molar-refractivity contribution >= 4 is 21.6 Å². The summed E-state index contributed by atoms with van der Waals surface area (Å²) in [6.45, 7) is 1.79. The van der Waals surface area contributed by atoms with Crippen LogP contribution < -0.4 is 5.32 Å². The molecule has 27 heavy (non-hydrogen) atoms. The van der Waals surface area contributed by atoms with Gasteiger partial charge in [-0.1, -0.05) is 25.0 Å². The van der Waals surface area contributed by atoms with Gasteiger partial charge in [-0.25, -0.2) is 12.8 Å². The standard InChI is InChI=1S/C20H23FN2O3S/c1-15(24)22-18-9-11-19(12-10-18)27(25,26)23-13-4-2-3-8-20(23)16-6-5-7-17(21)14-16/h5-7,9-12,14,20H,2-4,8,13H2,1H3,(H,22,24)/t20-/m0/s1. The van der Waals surface area contributed by atoms with E-state index in [9.17, 15) is 17.6 Å². The number of carbonyl (C=O) groups is 1. The van der Waals surface area contributed by atoms with Crippen LogP contribution in [0.4, 0.5) is 10.1 Å². The molecule has 1 aliphatic heterocycles. The molecule has 1 amide bonds. The molecule has 5 nitrogen and oxygen atoms in total. The Kier molecular flexibility index (Phi) is 5.92. The van der Waals surface area contributed by atoms with Crippen molar-refractivity contribution in [3.63, 3.8) is 0 Å². The van der Waals surface area contributed by atoms with Crippen LogP contribution in [0.5, 0.6) is 0 Å². The number of amides is 1. The molecule has 7 heteroatoms. The molecule has 1 fully saturated rings. The Labute approximate surface area is 159 Å². The SMILES string of the molecule is CC(=O)Nc1ccc(S(=O)(=O)N2CCCCC[C@H]2c2cccc(F)c2)cc1. The molecule has 0 aromatic heterocycles. The van der Waals surface area contributed by atoms with E-state index in [0.29, 0.717) is 24.2 Å². The molecule has 144 valence electrons. The third kappa shape index (κ3) is 4.54. The van der Waals surface area contributed by atoms with Gasteiger partial charge in [-0.3, -0.25) is 4.79 Å². The van der Waals surface area contributed by atoms with E-state index in [1.807, 2.05) is 0 Å². The number of rotatable bonds is 4. The van der Waals surface area contributed by atoms with Gasteiger partial charge in [-0.2, -0.15) is 4.31 Å². The highest BCUT2D eigenvalue weighted by molar-refractivity contribution is 7.89. The maximum Gasteiger partial charge on any atom is 0.243 e. The Bertz CT molecular complexity index is 913. The first-order chi connectivity index (χ1) is 12.9. The highest BCUT2D eigenvalue weighted by Gasteiger charge is 2.33. The van der Waals surface area contributed by atoms with Crippen molar-refractivity contribution in [2.45, 2.75) is 43.5 Å². The monoisotopic (exact) mass is 390 g/mol. The second-order valence-electron chi connectivity index (χ2n) is 6.74. The van der Waals surface area contributed by atoms with Crippen LogP contribution in [-0.2, 0) is 14.8 Å². The molecule has 1 heterocycles. The third-order valence-corrected chi connectivity index (χ3v) is 6.64. The Hall–Kier alpha value is -2.25. The van der Waals surface area contributed by atoms with Gasteiger partial charge < -0.3 is 5.32 Å². The largest absolute Gasteiger partial charge is 0.326 e. The van der Waals surface area contributed by atoms with E-state index in [1.54, 1.807) is 24.3 Å². The average molecular weight is 390 g/mol. The zero-order chi connectivity index (χ0) is 19.4. The number of hydrogen-bond donors (Lipinski definition) is 1. The maximum atomic E-state index is 13.7. The predicted molar refractivity (Wildman–Crippen MR) is 102 cm³/mol. The quantitative estimate of drug-likeness (QED) is 0.855. The Balaban J connectivity index is 1.95. The second-order valence-corrected chi connectivity index (χ2v) is 8.63. The number of anilines is 1. The number of benzene rings is 2. The number of halogens is 1. The number of nitrogens with zero attached hydrogens (tertiary/aromatic N) is 1. The first-order valence-corrected chi connectivity index (χ1v) is 10.5. The van der Waals surface area contributed by atoms with Crippen molar-refractivity contribution in [1.29, 1.82) is 0 Å². The van der Waals surface area contributed by atoms with Crippen LogP contribution >= 0.6 is 0 Å². The summed E-state index contributed by atoms with van der Waals surface area (Å²) < 4.78 is 41.8. The Morgan fingerprint density at radius 3 is 2.52 bits per heavy atom. The fourth-order valence-electron chi connectivity index (χ4n) is 3.47. The zero-order valence-electron chi connectivity index (χ0n) is 15.2. The average Bonchev–Trinajstić information content (AvgIpc) is 2.88. The zero-order valence-corrected chi connectivity index (χ0v) is 16.0. The lowest BCUT2D eigenvalue weighted by molar-refractivity contribution is -0.114. The van der Waals surface area contributed by atoms with Gasteiger partial charge in [0.1, 0.15) is 5.82 Å². The van der Waals surface area contributed by atoms with Gasteiger partial charge in [0.2, 0.25) is 15.9 Å². The second kappa shape index (κ2) is 8.19. The van der Waals surface area contributed by atoms with Crippen LogP contribution in [0.25, 0.3) is 0 Å². The van der Waals surface area contributed by atoms with E-state index < -0.39 is 10.0 Å². The lowest BCUT2D eigenvalue weighted by atomic mass is 10.0. The van der Waals surface area contributed by atoms with E-state index in [-0.39, 0.29) is 22.7 Å². The fourth-order valence-corrected chi connectivity index (χ4v) is 5.15. The minimum absolute atomic E-state index is 0.167. The van der Waals surface area contributed by atoms with E-state index in [2.05, 4.69) is 5.32 Å². The number of nitrogens with one attached hydrogen (secondary N) is 1. The minimum atomic E-state index is -3.74. The van der Waals surface area contributed by atoms with Crippen LogP contribution in [-0.4, -0.2) is 25.2 Å². The smallest absolute Gasteiger partial charge is 0.243 e. The molecule has 2 aromatic rings. The highest BCUT2D eigenvalue weighted by Crippen LogP contribution is 2.35. The summed E-state index contributed by atoms with van der Waals surface area (Å²) in [5.41, 5.74) is 1.22. The van der Waals surface area contributed by atoms with Crippen LogP contribution in [0, 0.1) is 5.82 Å². The fraction of sp³-hybridized carbons (Fsp3) is 0.350. The first-order valence-electron chi connectivity index (χ1n) is 9.03. The van der Waals surface area contributed by atoms with Gasteiger partial charge in [0.15, 0.2) is 0 Å². The molecule has 1 atom stereocenters. The van der Waals surface area contributed by atoms with Gasteiger partial charge in [0.25, 0.3) is 0 Å². The lowest BCUT2D eigenvalue weighted by Crippen LogP contribution is -2.34. The highest BCUT2D eigenvalue weighted by atomic mass is 32.2. The van der Waals surface area contributed by atoms with Crippen LogP contribution in [0.3, 0.4) is 0 Å². The van der Waals surface area contributed by atoms with E-state index >= 15 is 0 Å². The summed E-state index contributed by atoms with van der Waals surface area (Å²) in [4.78, 5) is 11.3. The molecule has 0 spiro atoms. The molecule has 3 rings (SSSR count). The maximum absolute atomic E-state index is 13.7. The van der Waals surface area contributed by atoms with Crippen molar-refractivity contribution in [1.82, 2.24) is 4.31 Å². The van der Waals surface area contributed by atoms with Gasteiger partial charge in [0.05, 0.1) is 10.9 Å². The summed E-state index contributed by atoms with van der Waals surface area (Å²) in [6, 6.07) is 11.9. The van der Waals surface area contributed by atoms with Crippen molar-refractivity contribution < 1.29 is 17.6 Å². The van der Waals surface area contributed by atoms with Crippen molar-refractivity contribution in [3.8, 4) is 0 Å². The van der Waals surface area contributed by atoms with Gasteiger partial charge in [-0.15, -0.1) is 0 Å². The Morgan fingerprint density at radius 2 is 1.85 bits per heavy atom. The molecule has 1 aliphatic rings. The molecule has 1 N–H and O–H groups in total. The summed E-state index contributed by atoms with van der Waals surface area (Å²) in [6.07, 6.45) is 3.27. The van der Waals surface area contributed by atoms with Crippen molar-refractivity contribution in [2.75, 3.05) is 11.9 Å². The van der Waals surface area contributed by atoms with Crippen LogP contribution in [0.1, 0.15) is 44.2 Å². The van der Waals surface area contributed by atoms with E-state index in [1.165, 1.54) is 35.5 Å². The Morgan fingerprint density at radius 1 is 1.11 bits per heavy atom. The molecule has 2 aromatic carbocycles. The summed E-state index contributed by atoms with van der Waals surface area (Å²) in [5.74, 6) is -0.585. The molecule has 0 radical (unpaired) electrons. The van der Waals surface area contributed by atoms with Gasteiger partial charge in [-0.05, 0) is 54.8 Å². The molecule has 0 unspecified atom stereocenters. The van der Waals surface area contributed by atoms with Gasteiger partial charge in [0, 0.05) is 19.2 Å². The lowest BCUT2D eigenvalue weighted by Gasteiger charge is -2.29. The minimum Gasteiger partial charge on any atom is -0.326 e. The van der Waals surface area contributed by atoms with Crippen molar-refractivity contribution in [2.24, 2.45) is 0 Å². The van der Waals surface area contributed by atoms with Crippen LogP contribution in [0.15, 0.2) is 53.4 Å². The first kappa shape index (κ1) is 19.5. The normalized spacial score (nSPS) is 18.7. The molecular weight excluding hydrogens is 367 g/mol. The number of carbonyl (C=O) groups excluding carboxylic acids is 1. The predicted octanol–water partition coefficient (Wildman–Crippen LogP) is 4.09. The topological polar surface area (TPSA) is 66.5 Å². The van der Waals surface area contributed by atoms with Gasteiger partial charge >= 0.3 is 0 Å². The molecule has 0 saturated carbocycles. The van der Waals surface area contributed by atoms with E-state index in [4.69, 9.17) is 0 Å². The number of sulfonamides is 1. The third-order valence-electron chi connectivity index (χ3n) is 4.72. The van der Waals surface area contributed by atoms with E-state index in [0.717, 1.165) is 19.3 Å². The van der Waals surface area contributed by atoms with Crippen LogP contribution in [0.2, 0.25) is 0 Å². The summed E-state index contributed by atoms with van der Waals surface area (Å²) in [7, 11) is -3.74. The van der Waals surface area contributed by atoms with Crippen molar-refractivity contribution in [3.05, 3.63) is 59.9 Å². The molecular formula is C20H23FN2O3S. The summed E-state index contributed by atoms with van der Waals surface area (Å²) in [5, 5.41) is 2.62. The summed E-state index contributed by atoms with van der Waals surface area (Å²) >= 11 is 0. The molecule has 1 saturated heterocycles.